The third-order valence-electron chi connectivity index (χ3n) is 4.63. The molecule has 2 aromatic carbocycles. The average Bonchev–Trinajstić information content (AvgIpc) is 2.79. The van der Waals surface area contributed by atoms with E-state index in [9.17, 15) is 10.1 Å². The number of likely N-dealkylation sites (N-methyl/N-ethyl adjacent to an activating group) is 1. The molecule has 7 nitrogen and oxygen atoms in total. The first kappa shape index (κ1) is 23.3. The number of hydrogen-bond acceptors (Lipinski definition) is 6. The van der Waals surface area contributed by atoms with E-state index in [1.54, 1.807) is 30.3 Å². The quantitative estimate of drug-likeness (QED) is 0.402. The zero-order chi connectivity index (χ0) is 23.8. The van der Waals surface area contributed by atoms with Crippen LogP contribution in [0, 0.1) is 23.7 Å². The van der Waals surface area contributed by atoms with Gasteiger partial charge in [0, 0.05) is 35.3 Å². The standard InChI is InChI=1S/C26H25N5O2/c1-5-18-9-7-10-21(13-18)28-26-20(17-27)14-19-15-23(24(33-6-2)16-22(19)30-26)29-25(32)11-8-12-31(3)4/h1,7-11,13-16H,6,12H2,2-4H3,(H,28,30)(H,29,32). The van der Waals surface area contributed by atoms with Crippen LogP contribution in [0.1, 0.15) is 18.1 Å². The Balaban J connectivity index is 1.97. The summed E-state index contributed by atoms with van der Waals surface area (Å²) < 4.78 is 5.74. The predicted molar refractivity (Wildman–Crippen MR) is 132 cm³/mol. The number of nitriles is 1. The van der Waals surface area contributed by atoms with Crippen molar-refractivity contribution in [2.24, 2.45) is 0 Å². The normalized spacial score (nSPS) is 10.7. The van der Waals surface area contributed by atoms with Gasteiger partial charge in [-0.2, -0.15) is 5.26 Å². The number of aromatic nitrogens is 1. The van der Waals surface area contributed by atoms with Crippen molar-refractivity contribution in [1.82, 2.24) is 9.88 Å². The molecule has 1 aromatic heterocycles. The summed E-state index contributed by atoms with van der Waals surface area (Å²) in [5, 5.41) is 16.4. The van der Waals surface area contributed by atoms with Crippen molar-refractivity contribution in [3.63, 3.8) is 0 Å². The predicted octanol–water partition coefficient (Wildman–Crippen LogP) is 4.29. The zero-order valence-electron chi connectivity index (χ0n) is 18.8. The van der Waals surface area contributed by atoms with E-state index in [-0.39, 0.29) is 5.91 Å². The van der Waals surface area contributed by atoms with Crippen LogP contribution in [0.3, 0.4) is 0 Å². The minimum absolute atomic E-state index is 0.266. The van der Waals surface area contributed by atoms with Crippen LogP contribution in [0.25, 0.3) is 10.9 Å². The highest BCUT2D eigenvalue weighted by Gasteiger charge is 2.13. The lowest BCUT2D eigenvalue weighted by atomic mass is 10.1. The Hall–Kier alpha value is -4.33. The van der Waals surface area contributed by atoms with Gasteiger partial charge in [-0.25, -0.2) is 4.98 Å². The van der Waals surface area contributed by atoms with Gasteiger partial charge in [-0.15, -0.1) is 6.42 Å². The van der Waals surface area contributed by atoms with Gasteiger partial charge < -0.3 is 20.3 Å². The lowest BCUT2D eigenvalue weighted by Gasteiger charge is -2.14. The second kappa shape index (κ2) is 10.8. The second-order valence-electron chi connectivity index (χ2n) is 7.47. The summed E-state index contributed by atoms with van der Waals surface area (Å²) in [6.45, 7) is 2.94. The molecule has 0 bridgehead atoms. The molecule has 0 radical (unpaired) electrons. The van der Waals surface area contributed by atoms with Crippen LogP contribution in [0.2, 0.25) is 0 Å². The maximum absolute atomic E-state index is 12.4. The maximum atomic E-state index is 12.4. The molecule has 0 fully saturated rings. The molecule has 7 heteroatoms. The molecular formula is C26H25N5O2. The summed E-state index contributed by atoms with van der Waals surface area (Å²) >= 11 is 0. The molecule has 0 saturated carbocycles. The van der Waals surface area contributed by atoms with Gasteiger partial charge in [0.1, 0.15) is 17.6 Å². The van der Waals surface area contributed by atoms with E-state index in [1.807, 2.05) is 44.1 Å². The third-order valence-corrected chi connectivity index (χ3v) is 4.63. The van der Waals surface area contributed by atoms with E-state index in [4.69, 9.17) is 11.2 Å². The van der Waals surface area contributed by atoms with Crippen molar-refractivity contribution >= 4 is 34.0 Å². The molecule has 2 N–H and O–H groups in total. The number of ether oxygens (including phenoxy) is 1. The van der Waals surface area contributed by atoms with Crippen LogP contribution in [-0.2, 0) is 4.79 Å². The van der Waals surface area contributed by atoms with Gasteiger partial charge in [0.2, 0.25) is 5.91 Å². The fraction of sp³-hybridized carbons (Fsp3) is 0.192. The number of rotatable bonds is 8. The molecule has 0 spiro atoms. The summed E-state index contributed by atoms with van der Waals surface area (Å²) in [5.74, 6) is 3.23. The first-order valence-corrected chi connectivity index (χ1v) is 10.4. The first-order chi connectivity index (χ1) is 15.9. The summed E-state index contributed by atoms with van der Waals surface area (Å²) in [5.41, 5.74) is 2.94. The maximum Gasteiger partial charge on any atom is 0.248 e. The number of pyridine rings is 1. The smallest absolute Gasteiger partial charge is 0.248 e. The van der Waals surface area contributed by atoms with Gasteiger partial charge >= 0.3 is 0 Å². The van der Waals surface area contributed by atoms with Gasteiger partial charge in [0.05, 0.1) is 23.4 Å². The molecule has 0 saturated heterocycles. The fourth-order valence-electron chi connectivity index (χ4n) is 3.12. The molecule has 166 valence electrons. The highest BCUT2D eigenvalue weighted by Crippen LogP contribution is 2.32. The molecule has 0 aliphatic rings. The summed E-state index contributed by atoms with van der Waals surface area (Å²) in [7, 11) is 3.85. The number of benzene rings is 2. The average molecular weight is 440 g/mol. The number of fused-ring (bicyclic) bond motifs is 1. The first-order valence-electron chi connectivity index (χ1n) is 10.4. The van der Waals surface area contributed by atoms with Crippen molar-refractivity contribution in [3.8, 4) is 24.2 Å². The SMILES string of the molecule is C#Cc1cccc(Nc2nc3cc(OCC)c(NC(=O)C=CCN(C)C)cc3cc2C#N)c1. The largest absolute Gasteiger partial charge is 0.492 e. The Morgan fingerprint density at radius 3 is 2.79 bits per heavy atom. The Morgan fingerprint density at radius 2 is 2.09 bits per heavy atom. The molecular weight excluding hydrogens is 414 g/mol. The lowest BCUT2D eigenvalue weighted by molar-refractivity contribution is -0.111. The van der Waals surface area contributed by atoms with Crippen LogP contribution in [-0.4, -0.2) is 43.0 Å². The molecule has 0 aliphatic heterocycles. The van der Waals surface area contributed by atoms with Crippen LogP contribution in [0.15, 0.2) is 54.6 Å². The molecule has 1 amide bonds. The topological polar surface area (TPSA) is 90.3 Å². The zero-order valence-corrected chi connectivity index (χ0v) is 18.8. The summed E-state index contributed by atoms with van der Waals surface area (Å²) in [6.07, 6.45) is 8.74. The van der Waals surface area contributed by atoms with Crippen molar-refractivity contribution in [1.29, 1.82) is 5.26 Å². The van der Waals surface area contributed by atoms with Crippen LogP contribution in [0.4, 0.5) is 17.2 Å². The van der Waals surface area contributed by atoms with Gasteiger partial charge in [0.25, 0.3) is 0 Å². The van der Waals surface area contributed by atoms with Crippen LogP contribution >= 0.6 is 0 Å². The highest BCUT2D eigenvalue weighted by atomic mass is 16.5. The Kier molecular flexibility index (Phi) is 7.64. The van der Waals surface area contributed by atoms with Gasteiger partial charge in [-0.1, -0.05) is 18.1 Å². The number of hydrogen-bond donors (Lipinski definition) is 2. The van der Waals surface area contributed by atoms with E-state index in [1.165, 1.54) is 6.08 Å². The Bertz CT molecular complexity index is 1280. The monoisotopic (exact) mass is 439 g/mol. The minimum atomic E-state index is -0.266. The van der Waals surface area contributed by atoms with Gasteiger partial charge in [0.15, 0.2) is 0 Å². The number of carbonyl (C=O) groups excluding carboxylic acids is 1. The summed E-state index contributed by atoms with van der Waals surface area (Å²) in [6, 6.07) is 14.7. The summed E-state index contributed by atoms with van der Waals surface area (Å²) in [4.78, 5) is 18.9. The number of anilines is 3. The minimum Gasteiger partial charge on any atom is -0.492 e. The van der Waals surface area contributed by atoms with E-state index >= 15 is 0 Å². The van der Waals surface area contributed by atoms with Gasteiger partial charge in [-0.05, 0) is 51.4 Å². The lowest BCUT2D eigenvalue weighted by Crippen LogP contribution is -2.13. The molecule has 0 atom stereocenters. The number of nitrogens with zero attached hydrogens (tertiary/aromatic N) is 3. The van der Waals surface area contributed by atoms with E-state index in [0.717, 1.165) is 11.3 Å². The fourth-order valence-corrected chi connectivity index (χ4v) is 3.12. The number of carbonyl (C=O) groups is 1. The molecule has 0 aliphatic carbocycles. The van der Waals surface area contributed by atoms with Crippen molar-refractivity contribution in [2.75, 3.05) is 37.9 Å². The molecule has 1 heterocycles. The number of nitrogens with one attached hydrogen (secondary N) is 2. The van der Waals surface area contributed by atoms with Crippen molar-refractivity contribution < 1.29 is 9.53 Å². The molecule has 3 rings (SSSR count). The molecule has 33 heavy (non-hydrogen) atoms. The third kappa shape index (κ3) is 6.10. The van der Waals surface area contributed by atoms with Crippen LogP contribution < -0.4 is 15.4 Å². The van der Waals surface area contributed by atoms with E-state index in [2.05, 4.69) is 27.6 Å². The Labute approximate surface area is 193 Å². The van der Waals surface area contributed by atoms with Crippen LogP contribution in [0.5, 0.6) is 5.75 Å². The van der Waals surface area contributed by atoms with E-state index in [0.29, 0.717) is 46.9 Å². The molecule has 3 aromatic rings. The van der Waals surface area contributed by atoms with Crippen molar-refractivity contribution in [2.45, 2.75) is 6.92 Å². The number of terminal acetylenes is 1. The second-order valence-corrected chi connectivity index (χ2v) is 7.47. The van der Waals surface area contributed by atoms with Gasteiger partial charge in [-0.3, -0.25) is 4.79 Å². The molecule has 0 unspecified atom stereocenters. The highest BCUT2D eigenvalue weighted by molar-refractivity contribution is 6.02. The van der Waals surface area contributed by atoms with Crippen molar-refractivity contribution in [3.05, 3.63) is 65.7 Å². The number of amides is 1. The Morgan fingerprint density at radius 1 is 1.27 bits per heavy atom. The van der Waals surface area contributed by atoms with E-state index < -0.39 is 0 Å².